The van der Waals surface area contributed by atoms with Crippen molar-refractivity contribution in [2.24, 2.45) is 0 Å². The minimum absolute atomic E-state index is 0.0409. The number of aromatic nitrogens is 2. The zero-order chi connectivity index (χ0) is 13.7. The molecule has 1 atom stereocenters. The molecule has 1 N–H and O–H groups in total. The fourth-order valence-electron chi connectivity index (χ4n) is 2.36. The minimum atomic E-state index is -0.776. The third-order valence-electron chi connectivity index (χ3n) is 3.28. The molecule has 0 radical (unpaired) electrons. The molecular weight excluding hydrogens is 246 g/mol. The van der Waals surface area contributed by atoms with Crippen molar-refractivity contribution in [3.05, 3.63) is 18.0 Å². The van der Waals surface area contributed by atoms with Crippen molar-refractivity contribution in [1.29, 1.82) is 0 Å². The van der Waals surface area contributed by atoms with E-state index in [1.807, 2.05) is 17.1 Å². The predicted octanol–water partition coefficient (Wildman–Crippen LogP) is 0.969. The summed E-state index contributed by atoms with van der Waals surface area (Å²) in [5, 5.41) is 13.2. The Morgan fingerprint density at radius 1 is 1.63 bits per heavy atom. The van der Waals surface area contributed by atoms with E-state index in [9.17, 15) is 4.79 Å². The zero-order valence-corrected chi connectivity index (χ0v) is 11.3. The first kappa shape index (κ1) is 14.0. The van der Waals surface area contributed by atoms with Crippen molar-refractivity contribution in [3.8, 4) is 0 Å². The lowest BCUT2D eigenvalue weighted by molar-refractivity contribution is -0.140. The number of carboxylic acid groups (broad SMARTS) is 1. The third kappa shape index (κ3) is 4.04. The van der Waals surface area contributed by atoms with Crippen molar-refractivity contribution in [3.63, 3.8) is 0 Å². The first-order chi connectivity index (χ1) is 9.19. The fourth-order valence-corrected chi connectivity index (χ4v) is 2.36. The average molecular weight is 267 g/mol. The van der Waals surface area contributed by atoms with Crippen molar-refractivity contribution in [2.75, 3.05) is 19.8 Å². The molecule has 0 aromatic carbocycles. The number of carbonyl (C=O) groups is 1. The molecule has 0 bridgehead atoms. The van der Waals surface area contributed by atoms with Gasteiger partial charge in [0, 0.05) is 37.4 Å². The van der Waals surface area contributed by atoms with E-state index >= 15 is 0 Å². The number of aryl methyl sites for hydroxylation is 1. The molecular formula is C13H21N3O3. The molecule has 1 aliphatic rings. The molecule has 19 heavy (non-hydrogen) atoms. The Morgan fingerprint density at radius 3 is 3.21 bits per heavy atom. The molecule has 0 saturated carbocycles. The second-order valence-electron chi connectivity index (χ2n) is 4.91. The van der Waals surface area contributed by atoms with Gasteiger partial charge >= 0.3 is 5.97 Å². The first-order valence-corrected chi connectivity index (χ1v) is 6.74. The van der Waals surface area contributed by atoms with E-state index in [1.165, 1.54) is 0 Å². The van der Waals surface area contributed by atoms with E-state index in [0.29, 0.717) is 13.2 Å². The number of nitrogens with zero attached hydrogens (tertiary/aromatic N) is 3. The molecule has 106 valence electrons. The van der Waals surface area contributed by atoms with Crippen LogP contribution in [0.3, 0.4) is 0 Å². The van der Waals surface area contributed by atoms with Gasteiger partial charge in [-0.1, -0.05) is 6.92 Å². The molecule has 0 spiro atoms. The van der Waals surface area contributed by atoms with Crippen LogP contribution < -0.4 is 0 Å². The van der Waals surface area contributed by atoms with Crippen molar-refractivity contribution in [2.45, 2.75) is 38.9 Å². The van der Waals surface area contributed by atoms with Crippen LogP contribution in [0.2, 0.25) is 0 Å². The van der Waals surface area contributed by atoms with Crippen LogP contribution in [0.25, 0.3) is 0 Å². The molecule has 6 heteroatoms. The number of aliphatic carboxylic acids is 1. The lowest BCUT2D eigenvalue weighted by Crippen LogP contribution is -2.45. The summed E-state index contributed by atoms with van der Waals surface area (Å²) in [5.41, 5.74) is 1.13. The van der Waals surface area contributed by atoms with Crippen molar-refractivity contribution < 1.29 is 14.6 Å². The van der Waals surface area contributed by atoms with E-state index in [-0.39, 0.29) is 12.5 Å². The number of rotatable bonds is 6. The standard InChI is InChI=1S/C13H21N3O3/c1-2-3-16-9-11(7-14-16)8-15-4-5-19-10-12(15)6-13(17)18/h7,9,12H,2-6,8,10H2,1H3,(H,17,18). The maximum atomic E-state index is 10.9. The highest BCUT2D eigenvalue weighted by Crippen LogP contribution is 2.14. The normalized spacial score (nSPS) is 20.6. The Kier molecular flexibility index (Phi) is 4.93. The van der Waals surface area contributed by atoms with Crippen LogP contribution in [-0.2, 0) is 22.6 Å². The first-order valence-electron chi connectivity index (χ1n) is 6.74. The van der Waals surface area contributed by atoms with Gasteiger partial charge < -0.3 is 9.84 Å². The van der Waals surface area contributed by atoms with Crippen molar-refractivity contribution >= 4 is 5.97 Å². The number of morpholine rings is 1. The average Bonchev–Trinajstić information content (AvgIpc) is 2.79. The highest BCUT2D eigenvalue weighted by molar-refractivity contribution is 5.67. The van der Waals surface area contributed by atoms with Gasteiger partial charge in [0.05, 0.1) is 25.8 Å². The smallest absolute Gasteiger partial charge is 0.305 e. The quantitative estimate of drug-likeness (QED) is 0.831. The lowest BCUT2D eigenvalue weighted by Gasteiger charge is -2.34. The van der Waals surface area contributed by atoms with Gasteiger partial charge in [-0.25, -0.2) is 0 Å². The predicted molar refractivity (Wildman–Crippen MR) is 69.8 cm³/mol. The van der Waals surface area contributed by atoms with Crippen LogP contribution in [0, 0.1) is 0 Å². The molecule has 1 fully saturated rings. The Hall–Kier alpha value is -1.40. The molecule has 1 aromatic heterocycles. The molecule has 0 amide bonds. The SMILES string of the molecule is CCCn1cc(CN2CCOCC2CC(=O)O)cn1. The van der Waals surface area contributed by atoms with Gasteiger partial charge in [0.15, 0.2) is 0 Å². The lowest BCUT2D eigenvalue weighted by atomic mass is 10.1. The molecule has 1 unspecified atom stereocenters. The highest BCUT2D eigenvalue weighted by atomic mass is 16.5. The van der Waals surface area contributed by atoms with Crippen LogP contribution >= 0.6 is 0 Å². The number of ether oxygens (including phenoxy) is 1. The summed E-state index contributed by atoms with van der Waals surface area (Å²) in [7, 11) is 0. The summed E-state index contributed by atoms with van der Waals surface area (Å²) in [6, 6.07) is -0.0409. The fraction of sp³-hybridized carbons (Fsp3) is 0.692. The third-order valence-corrected chi connectivity index (χ3v) is 3.28. The topological polar surface area (TPSA) is 67.6 Å². The Labute approximate surface area is 113 Å². The maximum absolute atomic E-state index is 10.9. The van der Waals surface area contributed by atoms with Crippen LogP contribution in [0.1, 0.15) is 25.3 Å². The second-order valence-corrected chi connectivity index (χ2v) is 4.91. The van der Waals surface area contributed by atoms with Crippen LogP contribution in [0.4, 0.5) is 0 Å². The van der Waals surface area contributed by atoms with Crippen LogP contribution in [-0.4, -0.2) is 51.6 Å². The van der Waals surface area contributed by atoms with Crippen molar-refractivity contribution in [1.82, 2.24) is 14.7 Å². The van der Waals surface area contributed by atoms with Gasteiger partial charge in [-0.3, -0.25) is 14.4 Å². The molecule has 1 saturated heterocycles. The van der Waals surface area contributed by atoms with E-state index in [1.54, 1.807) is 0 Å². The highest BCUT2D eigenvalue weighted by Gasteiger charge is 2.25. The Bertz CT molecular complexity index is 419. The van der Waals surface area contributed by atoms with E-state index in [2.05, 4.69) is 16.9 Å². The molecule has 2 rings (SSSR count). The summed E-state index contributed by atoms with van der Waals surface area (Å²) in [5.74, 6) is -0.776. The zero-order valence-electron chi connectivity index (χ0n) is 11.3. The molecule has 0 aliphatic carbocycles. The van der Waals surface area contributed by atoms with E-state index < -0.39 is 5.97 Å². The molecule has 1 aliphatic heterocycles. The molecule has 2 heterocycles. The summed E-state index contributed by atoms with van der Waals surface area (Å²) < 4.78 is 7.30. The van der Waals surface area contributed by atoms with Gasteiger partial charge in [-0.15, -0.1) is 0 Å². The Morgan fingerprint density at radius 2 is 2.47 bits per heavy atom. The van der Waals surface area contributed by atoms with Crippen LogP contribution in [0.5, 0.6) is 0 Å². The Balaban J connectivity index is 1.95. The summed E-state index contributed by atoms with van der Waals surface area (Å²) in [6.45, 7) is 5.71. The van der Waals surface area contributed by atoms with E-state index in [4.69, 9.17) is 9.84 Å². The number of hydrogen-bond acceptors (Lipinski definition) is 4. The van der Waals surface area contributed by atoms with Gasteiger partial charge in [0.25, 0.3) is 0 Å². The summed E-state index contributed by atoms with van der Waals surface area (Å²) in [4.78, 5) is 13.0. The van der Waals surface area contributed by atoms with Gasteiger partial charge in [0.1, 0.15) is 0 Å². The second kappa shape index (κ2) is 6.68. The molecule has 6 nitrogen and oxygen atoms in total. The summed E-state index contributed by atoms with van der Waals surface area (Å²) in [6.07, 6.45) is 5.09. The van der Waals surface area contributed by atoms with Gasteiger partial charge in [0.2, 0.25) is 0 Å². The largest absolute Gasteiger partial charge is 0.481 e. The molecule has 1 aromatic rings. The maximum Gasteiger partial charge on any atom is 0.305 e. The van der Waals surface area contributed by atoms with Gasteiger partial charge in [-0.05, 0) is 6.42 Å². The number of carboxylic acids is 1. The van der Waals surface area contributed by atoms with E-state index in [0.717, 1.165) is 31.6 Å². The summed E-state index contributed by atoms with van der Waals surface area (Å²) >= 11 is 0. The monoisotopic (exact) mass is 267 g/mol. The number of hydrogen-bond donors (Lipinski definition) is 1. The minimum Gasteiger partial charge on any atom is -0.481 e. The van der Waals surface area contributed by atoms with Gasteiger partial charge in [-0.2, -0.15) is 5.10 Å². The van der Waals surface area contributed by atoms with Crippen LogP contribution in [0.15, 0.2) is 12.4 Å².